The fourth-order valence-corrected chi connectivity index (χ4v) is 1.63. The smallest absolute Gasteiger partial charge is 0.317 e. The molecular formula is C11H18N2O. The summed E-state index contributed by atoms with van der Waals surface area (Å²) in [5, 5.41) is 2.83. The lowest BCUT2D eigenvalue weighted by Crippen LogP contribution is -2.40. The Morgan fingerprint density at radius 1 is 1.29 bits per heavy atom. The molecule has 14 heavy (non-hydrogen) atoms. The first-order valence-electron chi connectivity index (χ1n) is 5.31. The molecule has 0 spiro atoms. The zero-order valence-corrected chi connectivity index (χ0v) is 8.59. The zero-order valence-electron chi connectivity index (χ0n) is 8.59. The standard InChI is InChI=1S/C11H18N2O/c1-2-3-8-12-11(14)13-9-6-4-5-7-10-13/h1H,3-10H2,(H,12,14). The summed E-state index contributed by atoms with van der Waals surface area (Å²) in [6.07, 6.45) is 10.5. The third-order valence-electron chi connectivity index (χ3n) is 2.44. The van der Waals surface area contributed by atoms with Gasteiger partial charge < -0.3 is 10.2 Å². The molecule has 0 unspecified atom stereocenters. The largest absolute Gasteiger partial charge is 0.337 e. The molecule has 1 saturated heterocycles. The van der Waals surface area contributed by atoms with Crippen LogP contribution < -0.4 is 5.32 Å². The van der Waals surface area contributed by atoms with Crippen LogP contribution in [0.1, 0.15) is 32.1 Å². The van der Waals surface area contributed by atoms with Crippen molar-refractivity contribution in [2.45, 2.75) is 32.1 Å². The van der Waals surface area contributed by atoms with E-state index in [0.29, 0.717) is 13.0 Å². The second-order valence-electron chi connectivity index (χ2n) is 3.59. The van der Waals surface area contributed by atoms with Crippen molar-refractivity contribution in [3.8, 4) is 12.3 Å². The molecule has 1 aliphatic heterocycles. The van der Waals surface area contributed by atoms with Gasteiger partial charge in [0.05, 0.1) is 0 Å². The number of likely N-dealkylation sites (tertiary alicyclic amines) is 1. The molecule has 0 bridgehead atoms. The van der Waals surface area contributed by atoms with E-state index in [1.54, 1.807) is 0 Å². The number of urea groups is 1. The van der Waals surface area contributed by atoms with E-state index in [9.17, 15) is 4.79 Å². The maximum absolute atomic E-state index is 11.6. The average molecular weight is 194 g/mol. The summed E-state index contributed by atoms with van der Waals surface area (Å²) >= 11 is 0. The highest BCUT2D eigenvalue weighted by atomic mass is 16.2. The van der Waals surface area contributed by atoms with E-state index in [0.717, 1.165) is 25.9 Å². The molecule has 78 valence electrons. The molecule has 1 rings (SSSR count). The molecule has 3 nitrogen and oxygen atoms in total. The van der Waals surface area contributed by atoms with Gasteiger partial charge in [-0.25, -0.2) is 4.79 Å². The normalized spacial score (nSPS) is 16.9. The lowest BCUT2D eigenvalue weighted by Gasteiger charge is -2.20. The highest BCUT2D eigenvalue weighted by Gasteiger charge is 2.13. The lowest BCUT2D eigenvalue weighted by molar-refractivity contribution is 0.200. The monoisotopic (exact) mass is 194 g/mol. The minimum atomic E-state index is 0.0437. The Morgan fingerprint density at radius 3 is 2.50 bits per heavy atom. The molecule has 2 amide bonds. The summed E-state index contributed by atoms with van der Waals surface area (Å²) in [6, 6.07) is 0.0437. The Bertz CT molecular complexity index is 212. The maximum atomic E-state index is 11.6. The summed E-state index contributed by atoms with van der Waals surface area (Å²) in [7, 11) is 0. The van der Waals surface area contributed by atoms with Gasteiger partial charge in [0.2, 0.25) is 0 Å². The SMILES string of the molecule is C#CCCNC(=O)N1CCCCCC1. The van der Waals surface area contributed by atoms with Gasteiger partial charge in [-0.3, -0.25) is 0 Å². The van der Waals surface area contributed by atoms with E-state index >= 15 is 0 Å². The fraction of sp³-hybridized carbons (Fsp3) is 0.727. The molecule has 1 aliphatic rings. The molecule has 0 aromatic carbocycles. The zero-order chi connectivity index (χ0) is 10.2. The Labute approximate surface area is 85.9 Å². The van der Waals surface area contributed by atoms with E-state index in [2.05, 4.69) is 11.2 Å². The van der Waals surface area contributed by atoms with Crippen LogP contribution in [0.15, 0.2) is 0 Å². The number of nitrogens with one attached hydrogen (secondary N) is 1. The molecule has 0 aromatic rings. The molecule has 1 heterocycles. The van der Waals surface area contributed by atoms with Crippen molar-refractivity contribution >= 4 is 6.03 Å². The minimum absolute atomic E-state index is 0.0437. The first kappa shape index (κ1) is 10.9. The fourth-order valence-electron chi connectivity index (χ4n) is 1.63. The van der Waals surface area contributed by atoms with Crippen LogP contribution in [-0.2, 0) is 0 Å². The van der Waals surface area contributed by atoms with Crippen molar-refractivity contribution in [3.05, 3.63) is 0 Å². The van der Waals surface area contributed by atoms with E-state index in [-0.39, 0.29) is 6.03 Å². The van der Waals surface area contributed by atoms with Gasteiger partial charge in [0.1, 0.15) is 0 Å². The van der Waals surface area contributed by atoms with Gasteiger partial charge in [-0.1, -0.05) is 12.8 Å². The Hall–Kier alpha value is -1.17. The van der Waals surface area contributed by atoms with Crippen molar-refractivity contribution in [1.29, 1.82) is 0 Å². The van der Waals surface area contributed by atoms with Gasteiger partial charge in [-0.05, 0) is 12.8 Å². The van der Waals surface area contributed by atoms with Gasteiger partial charge in [0, 0.05) is 26.1 Å². The Morgan fingerprint density at radius 2 is 1.93 bits per heavy atom. The van der Waals surface area contributed by atoms with E-state index in [4.69, 9.17) is 6.42 Å². The predicted octanol–water partition coefficient (Wildman–Crippen LogP) is 1.60. The minimum Gasteiger partial charge on any atom is -0.337 e. The number of amides is 2. The molecule has 0 saturated carbocycles. The van der Waals surface area contributed by atoms with Gasteiger partial charge in [0.25, 0.3) is 0 Å². The summed E-state index contributed by atoms with van der Waals surface area (Å²) in [5.41, 5.74) is 0. The number of hydrogen-bond acceptors (Lipinski definition) is 1. The van der Waals surface area contributed by atoms with E-state index in [1.165, 1.54) is 12.8 Å². The number of carbonyl (C=O) groups excluding carboxylic acids is 1. The number of nitrogens with zero attached hydrogens (tertiary/aromatic N) is 1. The molecular weight excluding hydrogens is 176 g/mol. The first-order chi connectivity index (χ1) is 6.84. The van der Waals surface area contributed by atoms with Crippen LogP contribution in [0.4, 0.5) is 4.79 Å². The molecule has 3 heteroatoms. The van der Waals surface area contributed by atoms with E-state index < -0.39 is 0 Å². The second kappa shape index (κ2) is 6.31. The lowest BCUT2D eigenvalue weighted by atomic mass is 10.2. The van der Waals surface area contributed by atoms with Crippen LogP contribution in [0.25, 0.3) is 0 Å². The van der Waals surface area contributed by atoms with Crippen molar-refractivity contribution in [2.24, 2.45) is 0 Å². The number of rotatable bonds is 2. The quantitative estimate of drug-likeness (QED) is 0.525. The summed E-state index contributed by atoms with van der Waals surface area (Å²) in [5.74, 6) is 2.51. The van der Waals surface area contributed by atoms with Crippen LogP contribution in [0.3, 0.4) is 0 Å². The molecule has 0 radical (unpaired) electrons. The van der Waals surface area contributed by atoms with Crippen LogP contribution in [-0.4, -0.2) is 30.6 Å². The maximum Gasteiger partial charge on any atom is 0.317 e. The first-order valence-corrected chi connectivity index (χ1v) is 5.31. The Balaban J connectivity index is 2.24. The number of hydrogen-bond donors (Lipinski definition) is 1. The summed E-state index contributed by atoms with van der Waals surface area (Å²) in [6.45, 7) is 2.37. The molecule has 0 aliphatic carbocycles. The van der Waals surface area contributed by atoms with E-state index in [1.807, 2.05) is 4.90 Å². The van der Waals surface area contributed by atoms with Crippen molar-refractivity contribution in [3.63, 3.8) is 0 Å². The summed E-state index contributed by atoms with van der Waals surface area (Å²) < 4.78 is 0. The van der Waals surface area contributed by atoms with Crippen LogP contribution >= 0.6 is 0 Å². The van der Waals surface area contributed by atoms with Crippen molar-refractivity contribution in [1.82, 2.24) is 10.2 Å². The van der Waals surface area contributed by atoms with Gasteiger partial charge >= 0.3 is 6.03 Å². The van der Waals surface area contributed by atoms with Crippen LogP contribution in [0, 0.1) is 12.3 Å². The van der Waals surface area contributed by atoms with Gasteiger partial charge in [0.15, 0.2) is 0 Å². The molecule has 0 aromatic heterocycles. The third-order valence-corrected chi connectivity index (χ3v) is 2.44. The predicted molar refractivity (Wildman–Crippen MR) is 56.9 cm³/mol. The Kier molecular flexibility index (Phi) is 4.92. The van der Waals surface area contributed by atoms with Crippen LogP contribution in [0.5, 0.6) is 0 Å². The summed E-state index contributed by atoms with van der Waals surface area (Å²) in [4.78, 5) is 13.5. The van der Waals surface area contributed by atoms with Crippen molar-refractivity contribution in [2.75, 3.05) is 19.6 Å². The highest BCUT2D eigenvalue weighted by Crippen LogP contribution is 2.09. The van der Waals surface area contributed by atoms with Crippen LogP contribution in [0.2, 0.25) is 0 Å². The molecule has 1 fully saturated rings. The molecule has 1 N–H and O–H groups in total. The average Bonchev–Trinajstić information content (AvgIpc) is 2.46. The van der Waals surface area contributed by atoms with Crippen molar-refractivity contribution < 1.29 is 4.79 Å². The second-order valence-corrected chi connectivity index (χ2v) is 3.59. The molecule has 0 atom stereocenters. The topological polar surface area (TPSA) is 32.3 Å². The highest BCUT2D eigenvalue weighted by molar-refractivity contribution is 5.74. The van der Waals surface area contributed by atoms with Gasteiger partial charge in [-0.2, -0.15) is 0 Å². The third kappa shape index (κ3) is 3.69. The van der Waals surface area contributed by atoms with Gasteiger partial charge in [-0.15, -0.1) is 12.3 Å². The number of terminal acetylenes is 1. The number of carbonyl (C=O) groups is 1.